The van der Waals surface area contributed by atoms with Crippen LogP contribution in [0, 0.1) is 5.92 Å². The van der Waals surface area contributed by atoms with Gasteiger partial charge in [-0.2, -0.15) is 8.42 Å². The van der Waals surface area contributed by atoms with Gasteiger partial charge >= 0.3 is 5.97 Å². The number of primary amides is 1. The van der Waals surface area contributed by atoms with Gasteiger partial charge in [0.2, 0.25) is 5.91 Å². The number of hydrogen-bond acceptors (Lipinski definition) is 6. The third-order valence-electron chi connectivity index (χ3n) is 2.68. The first-order valence-corrected chi connectivity index (χ1v) is 9.24. The van der Waals surface area contributed by atoms with Gasteiger partial charge in [-0.25, -0.2) is 4.79 Å². The molecule has 0 saturated heterocycles. The molecule has 10 heteroatoms. The Morgan fingerprint density at radius 3 is 1.81 bits per heavy atom. The van der Waals surface area contributed by atoms with Crippen molar-refractivity contribution in [1.82, 2.24) is 5.32 Å². The second-order valence-electron chi connectivity index (χ2n) is 6.72. The molecule has 4 N–H and O–H groups in total. The average Bonchev–Trinajstić information content (AvgIpc) is 2.48. The van der Waals surface area contributed by atoms with Gasteiger partial charge in [-0.3, -0.25) is 14.1 Å². The third-order valence-corrected chi connectivity index (χ3v) is 3.99. The lowest BCUT2D eigenvalue weighted by Gasteiger charge is -2.22. The molecule has 0 bridgehead atoms. The first-order chi connectivity index (χ1) is 11.9. The Balaban J connectivity index is 0. The predicted molar refractivity (Wildman–Crippen MR) is 102 cm³/mol. The number of amides is 2. The second-order valence-corrected chi connectivity index (χ2v) is 8.26. The molecular formula is C17H28N2O7S. The van der Waals surface area contributed by atoms with Gasteiger partial charge in [0.25, 0.3) is 16.0 Å². The van der Waals surface area contributed by atoms with E-state index in [9.17, 15) is 22.8 Å². The van der Waals surface area contributed by atoms with Gasteiger partial charge in [0.15, 0.2) is 5.37 Å². The highest BCUT2D eigenvalue weighted by Crippen LogP contribution is 2.16. The Bertz CT molecular complexity index is 716. The summed E-state index contributed by atoms with van der Waals surface area (Å²) in [5.74, 6) is -2.82. The lowest BCUT2D eigenvalue weighted by molar-refractivity contribution is -0.149. The zero-order chi connectivity index (χ0) is 22.2. The van der Waals surface area contributed by atoms with Crippen LogP contribution < -0.4 is 11.1 Å². The summed E-state index contributed by atoms with van der Waals surface area (Å²) in [6, 6.07) is 0. The highest BCUT2D eigenvalue weighted by atomic mass is 32.2. The van der Waals surface area contributed by atoms with Gasteiger partial charge in [0.05, 0.1) is 5.57 Å². The zero-order valence-corrected chi connectivity index (χ0v) is 17.1. The Labute approximate surface area is 160 Å². The van der Waals surface area contributed by atoms with Crippen molar-refractivity contribution in [2.75, 3.05) is 0 Å². The molecule has 0 saturated carbocycles. The minimum Gasteiger partial charge on any atom is -0.456 e. The van der Waals surface area contributed by atoms with E-state index in [0.717, 1.165) is 6.08 Å². The van der Waals surface area contributed by atoms with Crippen molar-refractivity contribution < 1.29 is 32.1 Å². The maximum absolute atomic E-state index is 12.0. The number of rotatable bonds is 7. The molecule has 0 aromatic rings. The van der Waals surface area contributed by atoms with E-state index in [1.54, 1.807) is 20.8 Å². The van der Waals surface area contributed by atoms with Crippen molar-refractivity contribution in [3.63, 3.8) is 0 Å². The summed E-state index contributed by atoms with van der Waals surface area (Å²) in [6.07, 6.45) is 1.06. The first kappa shape index (κ1) is 26.8. The molecular weight excluding hydrogens is 376 g/mol. The lowest BCUT2D eigenvalue weighted by atomic mass is 10.1. The van der Waals surface area contributed by atoms with E-state index in [-0.39, 0.29) is 11.1 Å². The Hall–Kier alpha value is -2.46. The van der Waals surface area contributed by atoms with E-state index in [0.29, 0.717) is 0 Å². The standard InChI is InChI=1S/C14H23NO6S.C3H5NO/c1-8(2)12(22(18,19)20)15-11(16)9(3)10(4)13(17)21-14(5,6)7;1-2-3(4)5/h8,12H,3-4H2,1-2,5-7H3,(H,15,16)(H,18,19,20);2H,1H2,(H2,4,5). The Morgan fingerprint density at radius 2 is 1.56 bits per heavy atom. The Kier molecular flexibility index (Phi) is 10.5. The van der Waals surface area contributed by atoms with Crippen molar-refractivity contribution in [3.05, 3.63) is 37.0 Å². The maximum atomic E-state index is 12.0. The molecule has 0 aromatic heterocycles. The molecule has 0 heterocycles. The molecule has 0 aliphatic rings. The molecule has 0 spiro atoms. The molecule has 154 valence electrons. The number of esters is 1. The quantitative estimate of drug-likeness (QED) is 0.248. The van der Waals surface area contributed by atoms with Crippen molar-refractivity contribution in [3.8, 4) is 0 Å². The summed E-state index contributed by atoms with van der Waals surface area (Å²) in [7, 11) is -4.49. The topological polar surface area (TPSA) is 153 Å². The smallest absolute Gasteiger partial charge is 0.338 e. The van der Waals surface area contributed by atoms with Crippen molar-refractivity contribution in [2.24, 2.45) is 11.7 Å². The molecule has 0 aliphatic carbocycles. The SMILES string of the molecule is C=C(C(=C)C(=O)OC(C)(C)C)C(=O)NC(C(C)C)S(=O)(=O)O.C=CC(N)=O. The summed E-state index contributed by atoms with van der Waals surface area (Å²) in [6.45, 7) is 17.9. The van der Waals surface area contributed by atoms with E-state index in [2.05, 4.69) is 30.8 Å². The zero-order valence-electron chi connectivity index (χ0n) is 16.2. The highest BCUT2D eigenvalue weighted by molar-refractivity contribution is 7.86. The molecule has 9 nitrogen and oxygen atoms in total. The average molecular weight is 404 g/mol. The van der Waals surface area contributed by atoms with E-state index < -0.39 is 44.8 Å². The summed E-state index contributed by atoms with van der Waals surface area (Å²) in [5.41, 5.74) is 3.15. The summed E-state index contributed by atoms with van der Waals surface area (Å²) in [4.78, 5) is 33.2. The molecule has 0 radical (unpaired) electrons. The second kappa shape index (κ2) is 10.6. The summed E-state index contributed by atoms with van der Waals surface area (Å²) < 4.78 is 36.6. The molecule has 0 aliphatic heterocycles. The fourth-order valence-corrected chi connectivity index (χ4v) is 2.35. The number of ether oxygens (including phenoxy) is 1. The molecule has 0 fully saturated rings. The van der Waals surface area contributed by atoms with Gasteiger partial charge in [-0.1, -0.05) is 33.6 Å². The van der Waals surface area contributed by atoms with E-state index in [4.69, 9.17) is 9.29 Å². The van der Waals surface area contributed by atoms with Crippen LogP contribution in [0.2, 0.25) is 0 Å². The third kappa shape index (κ3) is 11.7. The van der Waals surface area contributed by atoms with Crippen LogP contribution in [0.3, 0.4) is 0 Å². The molecule has 1 atom stereocenters. The van der Waals surface area contributed by atoms with Crippen molar-refractivity contribution in [2.45, 2.75) is 45.6 Å². The molecule has 27 heavy (non-hydrogen) atoms. The van der Waals surface area contributed by atoms with Crippen molar-refractivity contribution >= 4 is 27.9 Å². The maximum Gasteiger partial charge on any atom is 0.338 e. The molecule has 0 rings (SSSR count). The van der Waals surface area contributed by atoms with Crippen LogP contribution in [-0.4, -0.2) is 41.7 Å². The fourth-order valence-electron chi connectivity index (χ4n) is 1.40. The molecule has 0 aromatic carbocycles. The number of nitrogens with one attached hydrogen (secondary N) is 1. The van der Waals surface area contributed by atoms with Gasteiger partial charge < -0.3 is 15.8 Å². The van der Waals surface area contributed by atoms with Crippen LogP contribution in [0.1, 0.15) is 34.6 Å². The highest BCUT2D eigenvalue weighted by Gasteiger charge is 2.30. The number of carbonyl (C=O) groups is 3. The van der Waals surface area contributed by atoms with Gasteiger partial charge in [-0.05, 0) is 32.8 Å². The minimum atomic E-state index is -4.49. The summed E-state index contributed by atoms with van der Waals surface area (Å²) in [5, 5.41) is 0.599. The largest absolute Gasteiger partial charge is 0.456 e. The first-order valence-electron chi connectivity index (χ1n) is 7.74. The van der Waals surface area contributed by atoms with Crippen LogP contribution in [0.25, 0.3) is 0 Å². The minimum absolute atomic E-state index is 0.287. The number of hydrogen-bond donors (Lipinski definition) is 3. The van der Waals surface area contributed by atoms with E-state index >= 15 is 0 Å². The van der Waals surface area contributed by atoms with Crippen LogP contribution >= 0.6 is 0 Å². The van der Waals surface area contributed by atoms with Crippen LogP contribution in [0.5, 0.6) is 0 Å². The van der Waals surface area contributed by atoms with Crippen molar-refractivity contribution in [1.29, 1.82) is 0 Å². The summed E-state index contributed by atoms with van der Waals surface area (Å²) >= 11 is 0. The van der Waals surface area contributed by atoms with Gasteiger partial charge in [-0.15, -0.1) is 0 Å². The van der Waals surface area contributed by atoms with Crippen LogP contribution in [-0.2, 0) is 29.2 Å². The fraction of sp³-hybridized carbons (Fsp3) is 0.471. The monoisotopic (exact) mass is 404 g/mol. The van der Waals surface area contributed by atoms with E-state index in [1.165, 1.54) is 13.8 Å². The predicted octanol–water partition coefficient (Wildman–Crippen LogP) is 1.08. The number of carbonyl (C=O) groups excluding carboxylic acids is 3. The molecule has 2 amide bonds. The van der Waals surface area contributed by atoms with Gasteiger partial charge in [0, 0.05) is 5.57 Å². The van der Waals surface area contributed by atoms with Crippen LogP contribution in [0.4, 0.5) is 0 Å². The number of nitrogens with two attached hydrogens (primary N) is 1. The van der Waals surface area contributed by atoms with E-state index in [1.807, 2.05) is 0 Å². The molecule has 1 unspecified atom stereocenters. The van der Waals surface area contributed by atoms with Gasteiger partial charge in [0.1, 0.15) is 5.60 Å². The lowest BCUT2D eigenvalue weighted by Crippen LogP contribution is -2.45. The Morgan fingerprint density at radius 1 is 1.15 bits per heavy atom. The van der Waals surface area contributed by atoms with Crippen LogP contribution in [0.15, 0.2) is 37.0 Å². The normalized spacial score (nSPS) is 12.1.